The number of aliphatic hydroxyl groups is 2. The number of hydrogen-bond donors (Lipinski definition) is 2. The second-order valence-electron chi connectivity index (χ2n) is 9.52. The third kappa shape index (κ3) is 8.09. The van der Waals surface area contributed by atoms with E-state index in [2.05, 4.69) is 11.9 Å². The van der Waals surface area contributed by atoms with E-state index in [1.54, 1.807) is 39.0 Å². The Morgan fingerprint density at radius 1 is 1.25 bits per heavy atom. The van der Waals surface area contributed by atoms with E-state index in [0.717, 1.165) is 35.5 Å². The van der Waals surface area contributed by atoms with Crippen LogP contribution in [0.4, 0.5) is 0 Å². The van der Waals surface area contributed by atoms with Crippen molar-refractivity contribution < 1.29 is 24.5 Å². The number of rotatable bonds is 13. The number of carbonyl (C=O) groups is 2. The van der Waals surface area contributed by atoms with Crippen molar-refractivity contribution in [2.24, 2.45) is 17.3 Å². The highest BCUT2D eigenvalue weighted by molar-refractivity contribution is 7.09. The number of ether oxygens (including phenoxy) is 1. The van der Waals surface area contributed by atoms with Gasteiger partial charge in [-0.2, -0.15) is 0 Å². The molecule has 0 fully saturated rings. The first-order chi connectivity index (χ1) is 14.8. The zero-order valence-corrected chi connectivity index (χ0v) is 21.7. The topological polar surface area (TPSA) is 96.7 Å². The van der Waals surface area contributed by atoms with Crippen molar-refractivity contribution in [3.05, 3.63) is 21.7 Å². The highest BCUT2D eigenvalue weighted by atomic mass is 32.1. The normalized spacial score (nSPS) is 17.4. The molecular formula is C25H41NO5S. The first-order valence-electron chi connectivity index (χ1n) is 11.5. The number of aryl methyl sites for hydroxylation is 1. The zero-order valence-electron chi connectivity index (χ0n) is 20.8. The molecule has 182 valence electrons. The fourth-order valence-corrected chi connectivity index (χ4v) is 4.21. The molecule has 0 amide bonds. The van der Waals surface area contributed by atoms with Crippen LogP contribution in [0.2, 0.25) is 0 Å². The second-order valence-corrected chi connectivity index (χ2v) is 10.6. The van der Waals surface area contributed by atoms with Gasteiger partial charge in [0.2, 0.25) is 0 Å². The molecule has 0 saturated heterocycles. The van der Waals surface area contributed by atoms with Gasteiger partial charge in [0.25, 0.3) is 0 Å². The lowest BCUT2D eigenvalue weighted by molar-refractivity contribution is -0.153. The lowest BCUT2D eigenvalue weighted by atomic mass is 9.73. The van der Waals surface area contributed by atoms with E-state index in [0.29, 0.717) is 0 Å². The van der Waals surface area contributed by atoms with Crippen LogP contribution < -0.4 is 0 Å². The molecule has 1 heterocycles. The van der Waals surface area contributed by atoms with Crippen LogP contribution >= 0.6 is 11.3 Å². The molecule has 2 N–H and O–H groups in total. The van der Waals surface area contributed by atoms with Gasteiger partial charge < -0.3 is 14.9 Å². The Kier molecular flexibility index (Phi) is 11.2. The fraction of sp³-hybridized carbons (Fsp3) is 0.720. The Morgan fingerprint density at radius 2 is 1.88 bits per heavy atom. The van der Waals surface area contributed by atoms with Gasteiger partial charge >= 0.3 is 5.97 Å². The minimum atomic E-state index is -1.21. The summed E-state index contributed by atoms with van der Waals surface area (Å²) in [4.78, 5) is 29.9. The Hall–Kier alpha value is -1.57. The number of aliphatic hydroxyl groups excluding tert-OH is 2. The number of unbranched alkanes of at least 4 members (excludes halogenated alkanes) is 1. The van der Waals surface area contributed by atoms with Crippen molar-refractivity contribution >= 4 is 29.2 Å². The summed E-state index contributed by atoms with van der Waals surface area (Å²) < 4.78 is 5.47. The SMILES string of the molecule is CCCC[C@H](C)[C@H](O)[C@@H](C)C(=O)C(C)(C)[C@@H](O)CC(=O)O[C@@H](C)/C(C)=C/c1csc(C)n1. The van der Waals surface area contributed by atoms with Crippen LogP contribution in [0.5, 0.6) is 0 Å². The number of aromatic nitrogens is 1. The smallest absolute Gasteiger partial charge is 0.309 e. The summed E-state index contributed by atoms with van der Waals surface area (Å²) >= 11 is 1.55. The third-order valence-corrected chi connectivity index (χ3v) is 7.10. The third-order valence-electron chi connectivity index (χ3n) is 6.31. The number of ketones is 1. The predicted molar refractivity (Wildman–Crippen MR) is 129 cm³/mol. The molecule has 5 atom stereocenters. The van der Waals surface area contributed by atoms with E-state index in [4.69, 9.17) is 4.74 Å². The van der Waals surface area contributed by atoms with Crippen molar-refractivity contribution in [2.75, 3.05) is 0 Å². The highest BCUT2D eigenvalue weighted by Crippen LogP contribution is 2.32. The van der Waals surface area contributed by atoms with Gasteiger partial charge in [0.1, 0.15) is 11.9 Å². The number of Topliss-reactive ketones (excluding diaryl/α,β-unsaturated/α-hetero) is 1. The molecule has 1 rings (SSSR count). The van der Waals surface area contributed by atoms with Crippen LogP contribution in [0.15, 0.2) is 11.0 Å². The Bertz CT molecular complexity index is 785. The van der Waals surface area contributed by atoms with Gasteiger partial charge in [-0.1, -0.05) is 47.5 Å². The van der Waals surface area contributed by atoms with E-state index in [-0.39, 0.29) is 18.1 Å². The van der Waals surface area contributed by atoms with Gasteiger partial charge in [-0.15, -0.1) is 11.3 Å². The fourth-order valence-electron chi connectivity index (χ4n) is 3.64. The van der Waals surface area contributed by atoms with Crippen LogP contribution in [0.25, 0.3) is 6.08 Å². The maximum atomic E-state index is 13.1. The average molecular weight is 468 g/mol. The summed E-state index contributed by atoms with van der Waals surface area (Å²) in [6.07, 6.45) is 1.98. The number of hydrogen-bond acceptors (Lipinski definition) is 7. The van der Waals surface area contributed by atoms with Crippen molar-refractivity contribution in [2.45, 2.75) is 99.4 Å². The van der Waals surface area contributed by atoms with E-state index >= 15 is 0 Å². The number of nitrogens with zero attached hydrogens (tertiary/aromatic N) is 1. The van der Waals surface area contributed by atoms with Gasteiger partial charge in [0, 0.05) is 11.3 Å². The maximum absolute atomic E-state index is 13.1. The van der Waals surface area contributed by atoms with Gasteiger partial charge in [-0.25, -0.2) is 4.98 Å². The van der Waals surface area contributed by atoms with Gasteiger partial charge in [-0.05, 0) is 44.8 Å². The highest BCUT2D eigenvalue weighted by Gasteiger charge is 2.42. The first-order valence-corrected chi connectivity index (χ1v) is 12.4. The standard InChI is InChI=1S/C25H41NO5S/c1-9-10-11-15(2)23(29)17(4)24(30)25(7,8)21(27)13-22(28)31-18(5)16(3)12-20-14-32-19(6)26-20/h12,14-15,17-18,21,23,27,29H,9-11,13H2,1-8H3/b16-12+/t15-,17+,18-,21-,23-/m0/s1. The molecule has 0 radical (unpaired) electrons. The number of esters is 1. The van der Waals surface area contributed by atoms with Crippen LogP contribution in [0.1, 0.15) is 84.9 Å². The van der Waals surface area contributed by atoms with Crippen molar-refractivity contribution in [3.8, 4) is 0 Å². The molecule has 7 heteroatoms. The lowest BCUT2D eigenvalue weighted by Gasteiger charge is -2.34. The predicted octanol–water partition coefficient (Wildman–Crippen LogP) is 4.96. The molecule has 0 bridgehead atoms. The molecule has 32 heavy (non-hydrogen) atoms. The van der Waals surface area contributed by atoms with Crippen LogP contribution in [0.3, 0.4) is 0 Å². The summed E-state index contributed by atoms with van der Waals surface area (Å²) in [5.41, 5.74) is 0.475. The molecule has 0 aliphatic rings. The quantitative estimate of drug-likeness (QED) is 0.398. The Labute approximate surface area is 197 Å². The maximum Gasteiger partial charge on any atom is 0.309 e. The molecule has 1 aromatic rings. The minimum absolute atomic E-state index is 0.0103. The van der Waals surface area contributed by atoms with Crippen LogP contribution in [0, 0.1) is 24.2 Å². The van der Waals surface area contributed by atoms with Crippen molar-refractivity contribution in [3.63, 3.8) is 0 Å². The van der Waals surface area contributed by atoms with E-state index < -0.39 is 35.6 Å². The molecule has 0 aliphatic carbocycles. The number of carbonyl (C=O) groups excluding carboxylic acids is 2. The largest absolute Gasteiger partial charge is 0.458 e. The molecular weight excluding hydrogens is 426 g/mol. The monoisotopic (exact) mass is 467 g/mol. The average Bonchev–Trinajstić information content (AvgIpc) is 3.14. The zero-order chi connectivity index (χ0) is 24.6. The van der Waals surface area contributed by atoms with Gasteiger partial charge in [-0.3, -0.25) is 9.59 Å². The summed E-state index contributed by atoms with van der Waals surface area (Å²) in [5.74, 6) is -1.47. The Balaban J connectivity index is 2.71. The van der Waals surface area contributed by atoms with E-state index in [1.807, 2.05) is 32.2 Å². The summed E-state index contributed by atoms with van der Waals surface area (Å²) in [6.45, 7) is 14.5. The van der Waals surface area contributed by atoms with Gasteiger partial charge in [0.15, 0.2) is 0 Å². The first kappa shape index (κ1) is 28.5. The van der Waals surface area contributed by atoms with E-state index in [1.165, 1.54) is 0 Å². The lowest BCUT2D eigenvalue weighted by Crippen LogP contribution is -2.45. The van der Waals surface area contributed by atoms with Crippen LogP contribution in [-0.2, 0) is 14.3 Å². The molecule has 0 unspecified atom stereocenters. The minimum Gasteiger partial charge on any atom is -0.458 e. The van der Waals surface area contributed by atoms with E-state index in [9.17, 15) is 19.8 Å². The molecule has 6 nitrogen and oxygen atoms in total. The molecule has 0 spiro atoms. The molecule has 0 aliphatic heterocycles. The summed E-state index contributed by atoms with van der Waals surface area (Å²) in [5, 5.41) is 24.2. The molecule has 0 saturated carbocycles. The summed E-state index contributed by atoms with van der Waals surface area (Å²) in [6, 6.07) is 0. The summed E-state index contributed by atoms with van der Waals surface area (Å²) in [7, 11) is 0. The van der Waals surface area contributed by atoms with Crippen LogP contribution in [-0.4, -0.2) is 45.3 Å². The van der Waals surface area contributed by atoms with Crippen molar-refractivity contribution in [1.82, 2.24) is 4.98 Å². The second kappa shape index (κ2) is 12.6. The van der Waals surface area contributed by atoms with Crippen molar-refractivity contribution in [1.29, 1.82) is 0 Å². The number of thiazole rings is 1. The molecule has 1 aromatic heterocycles. The molecule has 0 aromatic carbocycles. The van der Waals surface area contributed by atoms with Gasteiger partial charge in [0.05, 0.1) is 34.7 Å². The Morgan fingerprint density at radius 3 is 2.41 bits per heavy atom.